The lowest BCUT2D eigenvalue weighted by atomic mass is 9.97. The number of hydrogen-bond donors (Lipinski definition) is 0. The largest absolute Gasteiger partial charge is 0.207 e. The normalized spacial score (nSPS) is 12.8. The fourth-order valence-corrected chi connectivity index (χ4v) is 2.40. The molecule has 0 aliphatic rings. The van der Waals surface area contributed by atoms with E-state index in [9.17, 15) is 4.39 Å². The maximum Gasteiger partial charge on any atom is 0.123 e. The summed E-state index contributed by atoms with van der Waals surface area (Å²) in [6.07, 6.45) is 3.12. The fourth-order valence-electron chi connectivity index (χ4n) is 1.65. The highest BCUT2D eigenvalue weighted by molar-refractivity contribution is 9.09. The van der Waals surface area contributed by atoms with E-state index >= 15 is 0 Å². The van der Waals surface area contributed by atoms with Crippen molar-refractivity contribution in [3.05, 3.63) is 34.6 Å². The smallest absolute Gasteiger partial charge is 0.123 e. The molecule has 0 saturated heterocycles. The third-order valence-corrected chi connectivity index (χ3v) is 3.72. The molecule has 0 radical (unpaired) electrons. The molecule has 0 heterocycles. The molecule has 0 aliphatic heterocycles. The molecular weight excluding hydrogens is 278 g/mol. The maximum atomic E-state index is 13.0. The molecule has 0 spiro atoms. The summed E-state index contributed by atoms with van der Waals surface area (Å²) in [6.45, 7) is 2.16. The molecule has 0 bridgehead atoms. The van der Waals surface area contributed by atoms with E-state index in [2.05, 4.69) is 22.9 Å². The van der Waals surface area contributed by atoms with Gasteiger partial charge in [0, 0.05) is 10.4 Å². The minimum atomic E-state index is -0.209. The molecule has 1 unspecified atom stereocenters. The molecular formula is C12H15BrClF. The zero-order chi connectivity index (χ0) is 11.3. The first-order valence-corrected chi connectivity index (χ1v) is 6.67. The van der Waals surface area contributed by atoms with Crippen LogP contribution < -0.4 is 0 Å². The highest BCUT2D eigenvalue weighted by Gasteiger charge is 2.10. The minimum absolute atomic E-state index is 0.209. The number of halogens is 3. The highest BCUT2D eigenvalue weighted by Crippen LogP contribution is 2.23. The Labute approximate surface area is 104 Å². The van der Waals surface area contributed by atoms with E-state index in [0.717, 1.165) is 30.2 Å². The molecule has 3 heteroatoms. The van der Waals surface area contributed by atoms with Crippen LogP contribution in [0.5, 0.6) is 0 Å². The Hall–Kier alpha value is -0.0800. The molecule has 0 amide bonds. The zero-order valence-corrected chi connectivity index (χ0v) is 11.1. The first-order valence-electron chi connectivity index (χ1n) is 5.17. The molecule has 0 nitrogen and oxygen atoms in total. The van der Waals surface area contributed by atoms with Crippen LogP contribution in [0.15, 0.2) is 18.2 Å². The van der Waals surface area contributed by atoms with Gasteiger partial charge in [-0.25, -0.2) is 4.39 Å². The monoisotopic (exact) mass is 292 g/mol. The van der Waals surface area contributed by atoms with E-state index < -0.39 is 0 Å². The Balaban J connectivity index is 2.73. The Kier molecular flexibility index (Phi) is 5.62. The van der Waals surface area contributed by atoms with Gasteiger partial charge in [-0.2, -0.15) is 0 Å². The van der Waals surface area contributed by atoms with Crippen LogP contribution in [-0.4, -0.2) is 5.33 Å². The average molecular weight is 294 g/mol. The molecule has 0 N–H and O–H groups in total. The summed E-state index contributed by atoms with van der Waals surface area (Å²) in [7, 11) is 0. The summed E-state index contributed by atoms with van der Waals surface area (Å²) < 4.78 is 13.0. The van der Waals surface area contributed by atoms with Crippen LogP contribution in [0.25, 0.3) is 0 Å². The van der Waals surface area contributed by atoms with E-state index in [4.69, 9.17) is 11.6 Å². The van der Waals surface area contributed by atoms with E-state index in [1.807, 2.05) is 0 Å². The molecule has 1 aromatic rings. The van der Waals surface area contributed by atoms with Crippen molar-refractivity contribution in [2.75, 3.05) is 5.33 Å². The summed E-state index contributed by atoms with van der Waals surface area (Å²) in [6, 6.07) is 4.56. The van der Waals surface area contributed by atoms with Gasteiger partial charge in [-0.1, -0.05) is 40.9 Å². The van der Waals surface area contributed by atoms with E-state index in [-0.39, 0.29) is 5.82 Å². The van der Waals surface area contributed by atoms with Crippen LogP contribution in [0.2, 0.25) is 5.02 Å². The molecule has 1 rings (SSSR count). The zero-order valence-electron chi connectivity index (χ0n) is 8.77. The van der Waals surface area contributed by atoms with Gasteiger partial charge < -0.3 is 0 Å². The summed E-state index contributed by atoms with van der Waals surface area (Å²) in [5.74, 6) is 0.327. The quantitative estimate of drug-likeness (QED) is 0.682. The van der Waals surface area contributed by atoms with Gasteiger partial charge in [0.25, 0.3) is 0 Å². The molecule has 1 atom stereocenters. The Morgan fingerprint density at radius 1 is 1.47 bits per heavy atom. The molecule has 0 fully saturated rings. The standard InChI is InChI=1S/C12H15BrClF/c1-2-3-9(8-13)6-10-7-11(15)4-5-12(10)14/h4-5,7,9H,2-3,6,8H2,1H3. The van der Waals surface area contributed by atoms with Crippen molar-refractivity contribution >= 4 is 27.5 Å². The second-order valence-corrected chi connectivity index (χ2v) is 4.80. The lowest BCUT2D eigenvalue weighted by molar-refractivity contribution is 0.531. The third kappa shape index (κ3) is 4.12. The fraction of sp³-hybridized carbons (Fsp3) is 0.500. The molecule has 0 aliphatic carbocycles. The number of benzene rings is 1. The van der Waals surface area contributed by atoms with Crippen LogP contribution in [0.3, 0.4) is 0 Å². The second kappa shape index (κ2) is 6.49. The van der Waals surface area contributed by atoms with Crippen molar-refractivity contribution in [3.8, 4) is 0 Å². The van der Waals surface area contributed by atoms with E-state index in [1.54, 1.807) is 6.07 Å². The number of rotatable bonds is 5. The third-order valence-electron chi connectivity index (χ3n) is 2.43. The van der Waals surface area contributed by atoms with Crippen molar-refractivity contribution in [2.45, 2.75) is 26.2 Å². The summed E-state index contributed by atoms with van der Waals surface area (Å²) in [5.41, 5.74) is 0.912. The predicted octanol–water partition coefficient (Wildman–Crippen LogP) is 4.83. The molecule has 1 aromatic carbocycles. The Bertz CT molecular complexity index is 314. The summed E-state index contributed by atoms with van der Waals surface area (Å²) in [5, 5.41) is 1.60. The molecule has 0 saturated carbocycles. The van der Waals surface area contributed by atoms with Gasteiger partial charge in [-0.15, -0.1) is 0 Å². The van der Waals surface area contributed by atoms with Gasteiger partial charge in [0.1, 0.15) is 5.82 Å². The van der Waals surface area contributed by atoms with Crippen LogP contribution >= 0.6 is 27.5 Å². The van der Waals surface area contributed by atoms with Crippen molar-refractivity contribution in [1.82, 2.24) is 0 Å². The average Bonchev–Trinajstić information content (AvgIpc) is 2.22. The van der Waals surface area contributed by atoms with Crippen molar-refractivity contribution in [2.24, 2.45) is 5.92 Å². The lowest BCUT2D eigenvalue weighted by Crippen LogP contribution is -2.06. The maximum absolute atomic E-state index is 13.0. The van der Waals surface area contributed by atoms with Gasteiger partial charge in [0.2, 0.25) is 0 Å². The Morgan fingerprint density at radius 2 is 2.20 bits per heavy atom. The summed E-state index contributed by atoms with van der Waals surface area (Å²) in [4.78, 5) is 0. The molecule has 0 aromatic heterocycles. The van der Waals surface area contributed by atoms with Crippen molar-refractivity contribution in [3.63, 3.8) is 0 Å². The SMILES string of the molecule is CCCC(CBr)Cc1cc(F)ccc1Cl. The van der Waals surface area contributed by atoms with E-state index in [1.165, 1.54) is 12.1 Å². The molecule has 15 heavy (non-hydrogen) atoms. The highest BCUT2D eigenvalue weighted by atomic mass is 79.9. The van der Waals surface area contributed by atoms with E-state index in [0.29, 0.717) is 10.9 Å². The first-order chi connectivity index (χ1) is 7.17. The number of hydrogen-bond acceptors (Lipinski definition) is 0. The lowest BCUT2D eigenvalue weighted by Gasteiger charge is -2.13. The van der Waals surface area contributed by atoms with Crippen LogP contribution in [-0.2, 0) is 6.42 Å². The van der Waals surface area contributed by atoms with Gasteiger partial charge >= 0.3 is 0 Å². The minimum Gasteiger partial charge on any atom is -0.207 e. The van der Waals surface area contributed by atoms with Gasteiger partial charge in [0.15, 0.2) is 0 Å². The Morgan fingerprint density at radius 3 is 2.80 bits per heavy atom. The predicted molar refractivity (Wildman–Crippen MR) is 67.3 cm³/mol. The topological polar surface area (TPSA) is 0 Å². The van der Waals surface area contributed by atoms with Crippen molar-refractivity contribution in [1.29, 1.82) is 0 Å². The van der Waals surface area contributed by atoms with Gasteiger partial charge in [-0.05, 0) is 42.5 Å². The molecule has 84 valence electrons. The van der Waals surface area contributed by atoms with Crippen LogP contribution in [0.4, 0.5) is 4.39 Å². The summed E-state index contributed by atoms with van der Waals surface area (Å²) >= 11 is 9.50. The second-order valence-electron chi connectivity index (χ2n) is 3.75. The number of alkyl halides is 1. The van der Waals surface area contributed by atoms with Gasteiger partial charge in [0.05, 0.1) is 0 Å². The van der Waals surface area contributed by atoms with Crippen LogP contribution in [0.1, 0.15) is 25.3 Å². The van der Waals surface area contributed by atoms with Crippen LogP contribution in [0, 0.1) is 11.7 Å². The first kappa shape index (κ1) is 13.0. The van der Waals surface area contributed by atoms with Gasteiger partial charge in [-0.3, -0.25) is 0 Å². The van der Waals surface area contributed by atoms with Crippen molar-refractivity contribution < 1.29 is 4.39 Å².